The second-order valence-electron chi connectivity index (χ2n) is 5.29. The Morgan fingerprint density at radius 2 is 1.67 bits per heavy atom. The number of hydrogen-bond donors (Lipinski definition) is 1. The van der Waals surface area contributed by atoms with E-state index in [-0.39, 0.29) is 24.4 Å². The van der Waals surface area contributed by atoms with E-state index in [4.69, 9.17) is 10.5 Å². The molecule has 134 valence electrons. The summed E-state index contributed by atoms with van der Waals surface area (Å²) in [7, 11) is -6.46. The minimum absolute atomic E-state index is 0.00596. The van der Waals surface area contributed by atoms with E-state index >= 15 is 0 Å². The van der Waals surface area contributed by atoms with Crippen LogP contribution in [0.3, 0.4) is 0 Å². The summed E-state index contributed by atoms with van der Waals surface area (Å²) in [6, 6.07) is 5.58. The van der Waals surface area contributed by atoms with E-state index in [9.17, 15) is 21.6 Å². The fraction of sp³-hybridized carbons (Fsp3) is 0.462. The topological polar surface area (TPSA) is 127 Å². The lowest BCUT2D eigenvalue weighted by Gasteiger charge is -2.39. The Balaban J connectivity index is 2.48. The van der Waals surface area contributed by atoms with Crippen LogP contribution in [-0.2, 0) is 24.8 Å². The van der Waals surface area contributed by atoms with E-state index in [1.165, 1.54) is 31.4 Å². The summed E-state index contributed by atoms with van der Waals surface area (Å²) < 4.78 is 56.0. The van der Waals surface area contributed by atoms with Crippen molar-refractivity contribution in [2.45, 2.75) is 17.5 Å². The molecule has 0 saturated carbocycles. The average molecular weight is 377 g/mol. The molecule has 1 aromatic rings. The van der Waals surface area contributed by atoms with Crippen LogP contribution in [0.5, 0.6) is 5.75 Å². The van der Waals surface area contributed by atoms with Crippen molar-refractivity contribution < 1.29 is 26.4 Å². The first-order valence-electron chi connectivity index (χ1n) is 7.01. The van der Waals surface area contributed by atoms with E-state index in [0.717, 1.165) is 14.9 Å². The monoisotopic (exact) mass is 377 g/mol. The van der Waals surface area contributed by atoms with Crippen LogP contribution in [0.25, 0.3) is 0 Å². The number of benzene rings is 1. The summed E-state index contributed by atoms with van der Waals surface area (Å²) >= 11 is 0. The van der Waals surface area contributed by atoms with Crippen LogP contribution in [0.1, 0.15) is 6.42 Å². The first-order valence-corrected chi connectivity index (χ1v) is 10.3. The van der Waals surface area contributed by atoms with Gasteiger partial charge >= 0.3 is 0 Å². The molecule has 1 saturated heterocycles. The van der Waals surface area contributed by atoms with Gasteiger partial charge < -0.3 is 10.5 Å². The number of sulfonamides is 2. The van der Waals surface area contributed by atoms with Crippen molar-refractivity contribution >= 4 is 26.0 Å². The maximum absolute atomic E-state index is 12.8. The van der Waals surface area contributed by atoms with Gasteiger partial charge in [0.15, 0.2) is 6.17 Å². The minimum atomic E-state index is -4.10. The number of methoxy groups -OCH3 is 1. The largest absolute Gasteiger partial charge is 0.497 e. The molecule has 1 atom stereocenters. The molecule has 2 N–H and O–H groups in total. The Morgan fingerprint density at radius 3 is 2.12 bits per heavy atom. The molecule has 11 heteroatoms. The van der Waals surface area contributed by atoms with Gasteiger partial charge in [-0.05, 0) is 30.7 Å². The fourth-order valence-electron chi connectivity index (χ4n) is 2.54. The molecular formula is C13H19N3O6S2. The van der Waals surface area contributed by atoms with Gasteiger partial charge in [0, 0.05) is 13.1 Å². The van der Waals surface area contributed by atoms with Crippen molar-refractivity contribution in [3.63, 3.8) is 0 Å². The maximum Gasteiger partial charge on any atom is 0.251 e. The standard InChI is InChI=1S/C13H19N3O6S2/c1-22-10-4-6-11(7-5-10)24(20,21)16-9-3-8-15(23(2,18)19)13(16)12(14)17/h4-7,13H,3,8-9H2,1-2H3,(H2,14,17)/t13-/m1/s1. The molecular weight excluding hydrogens is 358 g/mol. The van der Waals surface area contributed by atoms with Crippen LogP contribution >= 0.6 is 0 Å². The molecule has 1 heterocycles. The van der Waals surface area contributed by atoms with Crippen molar-refractivity contribution in [1.82, 2.24) is 8.61 Å². The Kier molecular flexibility index (Phi) is 5.18. The molecule has 24 heavy (non-hydrogen) atoms. The zero-order valence-electron chi connectivity index (χ0n) is 13.2. The molecule has 0 spiro atoms. The lowest BCUT2D eigenvalue weighted by Crippen LogP contribution is -2.62. The number of primary amides is 1. The minimum Gasteiger partial charge on any atom is -0.497 e. The summed E-state index contributed by atoms with van der Waals surface area (Å²) in [5.41, 5.74) is 5.29. The average Bonchev–Trinajstić information content (AvgIpc) is 2.53. The Labute approximate surface area is 141 Å². The van der Waals surface area contributed by atoms with Gasteiger partial charge in [-0.3, -0.25) is 4.79 Å². The van der Waals surface area contributed by atoms with Gasteiger partial charge in [0.2, 0.25) is 20.0 Å². The summed E-state index contributed by atoms with van der Waals surface area (Å²) in [4.78, 5) is 11.7. The summed E-state index contributed by atoms with van der Waals surface area (Å²) in [6.07, 6.45) is -0.417. The first kappa shape index (κ1) is 18.6. The fourth-order valence-corrected chi connectivity index (χ4v) is 5.24. The Bertz CT molecular complexity index is 820. The van der Waals surface area contributed by atoms with Gasteiger partial charge in [-0.25, -0.2) is 16.8 Å². The molecule has 1 aliphatic heterocycles. The highest BCUT2D eigenvalue weighted by Gasteiger charge is 2.44. The predicted molar refractivity (Wildman–Crippen MR) is 86.0 cm³/mol. The number of carbonyl (C=O) groups is 1. The number of hydrogen-bond acceptors (Lipinski definition) is 6. The van der Waals surface area contributed by atoms with Crippen LogP contribution in [-0.4, -0.2) is 64.0 Å². The molecule has 2 rings (SSSR count). The number of rotatable bonds is 5. The third-order valence-corrected chi connectivity index (χ3v) is 6.75. The van der Waals surface area contributed by atoms with Crippen LogP contribution in [0, 0.1) is 0 Å². The molecule has 0 aromatic heterocycles. The van der Waals surface area contributed by atoms with Crippen molar-refractivity contribution in [3.05, 3.63) is 24.3 Å². The molecule has 1 amide bonds. The van der Waals surface area contributed by atoms with Gasteiger partial charge in [0.05, 0.1) is 18.3 Å². The maximum atomic E-state index is 12.8. The lowest BCUT2D eigenvalue weighted by molar-refractivity contribution is -0.126. The number of amides is 1. The third-order valence-electron chi connectivity index (χ3n) is 3.65. The SMILES string of the molecule is COc1ccc(S(=O)(=O)N2CCCN(S(C)(=O)=O)[C@H]2C(N)=O)cc1. The summed E-state index contributed by atoms with van der Waals surface area (Å²) in [5.74, 6) is -0.575. The van der Waals surface area contributed by atoms with Gasteiger partial charge in [-0.1, -0.05) is 0 Å². The third kappa shape index (κ3) is 3.53. The first-order chi connectivity index (χ1) is 11.1. The van der Waals surface area contributed by atoms with Crippen molar-refractivity contribution in [1.29, 1.82) is 0 Å². The smallest absolute Gasteiger partial charge is 0.251 e. The zero-order valence-corrected chi connectivity index (χ0v) is 14.9. The molecule has 0 bridgehead atoms. The van der Waals surface area contributed by atoms with E-state index in [2.05, 4.69) is 0 Å². The van der Waals surface area contributed by atoms with Crippen LogP contribution in [0.15, 0.2) is 29.2 Å². The predicted octanol–water partition coefficient (Wildman–Crippen LogP) is -0.837. The van der Waals surface area contributed by atoms with Crippen LogP contribution in [0.2, 0.25) is 0 Å². The highest BCUT2D eigenvalue weighted by molar-refractivity contribution is 7.89. The number of nitrogens with two attached hydrogens (primary N) is 1. The molecule has 9 nitrogen and oxygen atoms in total. The van der Waals surface area contributed by atoms with E-state index < -0.39 is 32.1 Å². The molecule has 0 unspecified atom stereocenters. The van der Waals surface area contributed by atoms with Gasteiger partial charge in [0.1, 0.15) is 5.75 Å². The zero-order chi connectivity index (χ0) is 18.1. The van der Waals surface area contributed by atoms with Gasteiger partial charge in [0.25, 0.3) is 5.91 Å². The highest BCUT2D eigenvalue weighted by Crippen LogP contribution is 2.26. The van der Waals surface area contributed by atoms with Gasteiger partial charge in [-0.2, -0.15) is 8.61 Å². The highest BCUT2D eigenvalue weighted by atomic mass is 32.2. The van der Waals surface area contributed by atoms with Crippen LogP contribution in [0.4, 0.5) is 0 Å². The van der Waals surface area contributed by atoms with Crippen molar-refractivity contribution in [2.75, 3.05) is 26.5 Å². The second kappa shape index (κ2) is 6.67. The van der Waals surface area contributed by atoms with E-state index in [1.54, 1.807) is 0 Å². The summed E-state index contributed by atoms with van der Waals surface area (Å²) in [5, 5.41) is 0. The number of ether oxygens (including phenoxy) is 1. The normalized spacial score (nSPS) is 20.7. The molecule has 0 radical (unpaired) electrons. The molecule has 1 fully saturated rings. The number of nitrogens with zero attached hydrogens (tertiary/aromatic N) is 2. The van der Waals surface area contributed by atoms with Crippen molar-refractivity contribution in [2.24, 2.45) is 5.73 Å². The molecule has 1 aromatic carbocycles. The summed E-state index contributed by atoms with van der Waals surface area (Å²) in [6.45, 7) is 0.0229. The number of carbonyl (C=O) groups excluding carboxylic acids is 1. The second-order valence-corrected chi connectivity index (χ2v) is 9.12. The Morgan fingerprint density at radius 1 is 1.12 bits per heavy atom. The van der Waals surface area contributed by atoms with Crippen LogP contribution < -0.4 is 10.5 Å². The molecule has 1 aliphatic rings. The van der Waals surface area contributed by atoms with Gasteiger partial charge in [-0.15, -0.1) is 0 Å². The van der Waals surface area contributed by atoms with E-state index in [0.29, 0.717) is 5.75 Å². The van der Waals surface area contributed by atoms with Crippen molar-refractivity contribution in [3.8, 4) is 5.75 Å². The molecule has 0 aliphatic carbocycles. The quantitative estimate of drug-likeness (QED) is 0.713. The Hall–Kier alpha value is -1.69. The van der Waals surface area contributed by atoms with E-state index in [1.807, 2.05) is 0 Å². The lowest BCUT2D eigenvalue weighted by atomic mass is 10.3.